The van der Waals surface area contributed by atoms with Gasteiger partial charge in [-0.2, -0.15) is 0 Å². The molecule has 1 saturated heterocycles. The molecule has 2 amide bonds. The number of carbonyl (C=O) groups excluding carboxylic acids is 3. The molecule has 36 heavy (non-hydrogen) atoms. The number of methoxy groups -OCH3 is 1. The standard InChI is InChI=1S/C25H37N3O7S/c1-25(2,3)35-24(31)26-21(17-11-7-5-8-12-17)22(29)28-16-18(15-20(28)23(30)34-4)27-36(32,33)19-13-9-6-10-14-19/h6,9-10,13-14,17-18,20-21,27H,5,7-8,11-12,15-16H2,1-4H3,(H,26,31)/t18-,20+,21-/m1/s1. The number of nitrogens with one attached hydrogen (secondary N) is 2. The monoisotopic (exact) mass is 523 g/mol. The predicted molar refractivity (Wildman–Crippen MR) is 132 cm³/mol. The maximum atomic E-state index is 13.8. The molecule has 0 unspecified atom stereocenters. The maximum absolute atomic E-state index is 13.8. The van der Waals surface area contributed by atoms with Crippen LogP contribution in [-0.4, -0.2) is 68.7 Å². The fourth-order valence-electron chi connectivity index (χ4n) is 4.87. The topological polar surface area (TPSA) is 131 Å². The van der Waals surface area contributed by atoms with Gasteiger partial charge in [0, 0.05) is 12.6 Å². The Balaban J connectivity index is 1.83. The summed E-state index contributed by atoms with van der Waals surface area (Å²) in [5.74, 6) is -1.19. The summed E-state index contributed by atoms with van der Waals surface area (Å²) in [5, 5.41) is 2.74. The molecule has 1 aromatic carbocycles. The number of hydrogen-bond donors (Lipinski definition) is 2. The van der Waals surface area contributed by atoms with E-state index in [-0.39, 0.29) is 23.8 Å². The van der Waals surface area contributed by atoms with Crippen molar-refractivity contribution < 1.29 is 32.3 Å². The molecule has 0 aromatic heterocycles. The highest BCUT2D eigenvalue weighted by Gasteiger charge is 2.45. The van der Waals surface area contributed by atoms with E-state index in [1.165, 1.54) is 24.1 Å². The Bertz CT molecular complexity index is 1030. The zero-order valence-electron chi connectivity index (χ0n) is 21.4. The van der Waals surface area contributed by atoms with Crippen molar-refractivity contribution in [3.8, 4) is 0 Å². The number of nitrogens with zero attached hydrogens (tertiary/aromatic N) is 1. The van der Waals surface area contributed by atoms with Crippen molar-refractivity contribution in [2.75, 3.05) is 13.7 Å². The first-order chi connectivity index (χ1) is 16.9. The van der Waals surface area contributed by atoms with Gasteiger partial charge < -0.3 is 19.7 Å². The second-order valence-corrected chi connectivity index (χ2v) is 12.1. The van der Waals surface area contributed by atoms with Crippen LogP contribution in [0.15, 0.2) is 35.2 Å². The third-order valence-electron chi connectivity index (χ3n) is 6.49. The van der Waals surface area contributed by atoms with Gasteiger partial charge in [0.15, 0.2) is 0 Å². The molecule has 1 saturated carbocycles. The third-order valence-corrected chi connectivity index (χ3v) is 8.03. The van der Waals surface area contributed by atoms with Gasteiger partial charge in [-0.25, -0.2) is 22.7 Å². The van der Waals surface area contributed by atoms with E-state index in [1.54, 1.807) is 39.0 Å². The smallest absolute Gasteiger partial charge is 0.408 e. The number of carbonyl (C=O) groups is 3. The molecule has 200 valence electrons. The Hall–Kier alpha value is -2.66. The molecule has 2 aliphatic rings. The summed E-state index contributed by atoms with van der Waals surface area (Å²) >= 11 is 0. The highest BCUT2D eigenvalue weighted by molar-refractivity contribution is 7.89. The van der Waals surface area contributed by atoms with E-state index in [0.717, 1.165) is 32.1 Å². The fraction of sp³-hybridized carbons (Fsp3) is 0.640. The molecule has 2 fully saturated rings. The fourth-order valence-corrected chi connectivity index (χ4v) is 6.13. The summed E-state index contributed by atoms with van der Waals surface area (Å²) in [7, 11) is -2.63. The summed E-state index contributed by atoms with van der Waals surface area (Å²) in [6.45, 7) is 5.19. The summed E-state index contributed by atoms with van der Waals surface area (Å²) in [5.41, 5.74) is -0.743. The van der Waals surface area contributed by atoms with Gasteiger partial charge in [-0.3, -0.25) is 4.79 Å². The maximum Gasteiger partial charge on any atom is 0.408 e. The van der Waals surface area contributed by atoms with Crippen LogP contribution >= 0.6 is 0 Å². The third kappa shape index (κ3) is 7.19. The minimum absolute atomic E-state index is 0.0239. The molecule has 10 nitrogen and oxygen atoms in total. The lowest BCUT2D eigenvalue weighted by Crippen LogP contribution is -2.56. The van der Waals surface area contributed by atoms with E-state index < -0.39 is 51.7 Å². The van der Waals surface area contributed by atoms with E-state index in [1.807, 2.05) is 0 Å². The SMILES string of the molecule is COC(=O)[C@@H]1C[C@@H](NS(=O)(=O)c2ccccc2)CN1C(=O)[C@H](NC(=O)OC(C)(C)C)C1CCCCC1. The molecule has 1 heterocycles. The quantitative estimate of drug-likeness (QED) is 0.525. The number of likely N-dealkylation sites (tertiary alicyclic amines) is 1. The lowest BCUT2D eigenvalue weighted by atomic mass is 9.83. The Kier molecular flexibility index (Phi) is 8.99. The predicted octanol–water partition coefficient (Wildman–Crippen LogP) is 2.58. The van der Waals surface area contributed by atoms with Crippen LogP contribution in [0.4, 0.5) is 4.79 Å². The Morgan fingerprint density at radius 2 is 1.69 bits per heavy atom. The number of esters is 1. The van der Waals surface area contributed by atoms with E-state index in [0.29, 0.717) is 0 Å². The van der Waals surface area contributed by atoms with E-state index in [9.17, 15) is 22.8 Å². The average molecular weight is 524 g/mol. The summed E-state index contributed by atoms with van der Waals surface area (Å²) in [6, 6.07) is 5.33. The first-order valence-electron chi connectivity index (χ1n) is 12.4. The zero-order valence-corrected chi connectivity index (χ0v) is 22.2. The lowest BCUT2D eigenvalue weighted by Gasteiger charge is -2.34. The van der Waals surface area contributed by atoms with E-state index in [2.05, 4.69) is 10.0 Å². The van der Waals surface area contributed by atoms with Gasteiger partial charge in [0.1, 0.15) is 17.7 Å². The van der Waals surface area contributed by atoms with Crippen molar-refractivity contribution in [3.05, 3.63) is 30.3 Å². The van der Waals surface area contributed by atoms with Crippen molar-refractivity contribution in [3.63, 3.8) is 0 Å². The Morgan fingerprint density at radius 3 is 2.28 bits per heavy atom. The van der Waals surface area contributed by atoms with Crippen LogP contribution in [0.3, 0.4) is 0 Å². The van der Waals surface area contributed by atoms with Crippen LogP contribution in [0.25, 0.3) is 0 Å². The van der Waals surface area contributed by atoms with Gasteiger partial charge in [-0.05, 0) is 58.1 Å². The molecular formula is C25H37N3O7S. The molecule has 0 bridgehead atoms. The van der Waals surface area contributed by atoms with Gasteiger partial charge >= 0.3 is 12.1 Å². The average Bonchev–Trinajstić information content (AvgIpc) is 3.24. The molecule has 3 rings (SSSR count). The molecule has 3 atom stereocenters. The minimum atomic E-state index is -3.86. The molecule has 1 aliphatic carbocycles. The number of hydrogen-bond acceptors (Lipinski definition) is 7. The van der Waals surface area contributed by atoms with Gasteiger partial charge in [-0.15, -0.1) is 0 Å². The first kappa shape index (κ1) is 27.9. The molecule has 1 aliphatic heterocycles. The largest absolute Gasteiger partial charge is 0.467 e. The molecular weight excluding hydrogens is 486 g/mol. The van der Waals surface area contributed by atoms with Crippen LogP contribution in [0, 0.1) is 5.92 Å². The van der Waals surface area contributed by atoms with Gasteiger partial charge in [0.05, 0.1) is 12.0 Å². The molecule has 2 N–H and O–H groups in total. The second kappa shape index (κ2) is 11.6. The van der Waals surface area contributed by atoms with Crippen LogP contribution in [0.5, 0.6) is 0 Å². The van der Waals surface area contributed by atoms with Gasteiger partial charge in [0.2, 0.25) is 15.9 Å². The number of benzene rings is 1. The molecule has 11 heteroatoms. The lowest BCUT2D eigenvalue weighted by molar-refractivity contribution is -0.152. The van der Waals surface area contributed by atoms with E-state index >= 15 is 0 Å². The van der Waals surface area contributed by atoms with Crippen molar-refractivity contribution in [1.82, 2.24) is 14.9 Å². The van der Waals surface area contributed by atoms with Crippen molar-refractivity contribution in [2.24, 2.45) is 5.92 Å². The Morgan fingerprint density at radius 1 is 1.06 bits per heavy atom. The number of alkyl carbamates (subject to hydrolysis) is 1. The van der Waals surface area contributed by atoms with E-state index in [4.69, 9.17) is 9.47 Å². The van der Waals surface area contributed by atoms with Crippen LogP contribution in [0.2, 0.25) is 0 Å². The normalized spacial score (nSPS) is 22.1. The first-order valence-corrected chi connectivity index (χ1v) is 13.8. The zero-order chi connectivity index (χ0) is 26.5. The highest BCUT2D eigenvalue weighted by atomic mass is 32.2. The molecule has 0 spiro atoms. The highest BCUT2D eigenvalue weighted by Crippen LogP contribution is 2.30. The molecule has 1 aromatic rings. The number of rotatable bonds is 7. The summed E-state index contributed by atoms with van der Waals surface area (Å²) in [6.07, 6.45) is 3.80. The number of ether oxygens (including phenoxy) is 2. The number of amides is 2. The van der Waals surface area contributed by atoms with Crippen molar-refractivity contribution in [2.45, 2.75) is 87.9 Å². The molecule has 0 radical (unpaired) electrons. The van der Waals surface area contributed by atoms with Crippen molar-refractivity contribution >= 4 is 28.0 Å². The van der Waals surface area contributed by atoms with Crippen LogP contribution < -0.4 is 10.0 Å². The minimum Gasteiger partial charge on any atom is -0.467 e. The van der Waals surface area contributed by atoms with Gasteiger partial charge in [0.25, 0.3) is 0 Å². The van der Waals surface area contributed by atoms with Crippen molar-refractivity contribution in [1.29, 1.82) is 0 Å². The summed E-state index contributed by atoms with van der Waals surface area (Å²) in [4.78, 5) is 40.5. The second-order valence-electron chi connectivity index (χ2n) is 10.4. The summed E-state index contributed by atoms with van der Waals surface area (Å²) < 4.78 is 38.7. The Labute approximate surface area is 213 Å². The van der Waals surface area contributed by atoms with Crippen LogP contribution in [0.1, 0.15) is 59.3 Å². The number of sulfonamides is 1. The van der Waals surface area contributed by atoms with Crippen LogP contribution in [-0.2, 0) is 29.1 Å². The van der Waals surface area contributed by atoms with Gasteiger partial charge in [-0.1, -0.05) is 37.5 Å².